The third-order valence-corrected chi connectivity index (χ3v) is 3.63. The van der Waals surface area contributed by atoms with Crippen LogP contribution in [0.15, 0.2) is 18.2 Å². The van der Waals surface area contributed by atoms with Gasteiger partial charge in [0.15, 0.2) is 0 Å². The molecule has 0 bridgehead atoms. The van der Waals surface area contributed by atoms with E-state index in [0.29, 0.717) is 0 Å². The van der Waals surface area contributed by atoms with Crippen molar-refractivity contribution in [3.63, 3.8) is 0 Å². The van der Waals surface area contributed by atoms with Crippen LogP contribution in [0.2, 0.25) is 0 Å². The molecule has 0 atom stereocenters. The van der Waals surface area contributed by atoms with Crippen LogP contribution in [-0.2, 0) is 32.3 Å². The lowest BCUT2D eigenvalue weighted by Gasteiger charge is -2.25. The molecule has 27 heavy (non-hydrogen) atoms. The predicted octanol–water partition coefficient (Wildman–Crippen LogP) is 5.08. The summed E-state index contributed by atoms with van der Waals surface area (Å²) in [6.07, 6.45) is 0. The third-order valence-electron chi connectivity index (χ3n) is 3.63. The van der Waals surface area contributed by atoms with Crippen molar-refractivity contribution in [3.05, 3.63) is 29.3 Å². The van der Waals surface area contributed by atoms with Crippen molar-refractivity contribution in [2.24, 2.45) is 10.8 Å². The molecule has 0 aliphatic carbocycles. The van der Waals surface area contributed by atoms with Gasteiger partial charge >= 0.3 is 11.9 Å². The molecule has 0 radical (unpaired) electrons. The van der Waals surface area contributed by atoms with Gasteiger partial charge in [-0.3, -0.25) is 9.59 Å². The fraction of sp³-hybridized carbons (Fsp3) is 0.636. The monoisotopic (exact) mass is 377 g/mol. The first-order valence-corrected chi connectivity index (χ1v) is 9.34. The van der Waals surface area contributed by atoms with Gasteiger partial charge in [-0.25, -0.2) is 0 Å². The van der Waals surface area contributed by atoms with Crippen molar-refractivity contribution < 1.29 is 19.1 Å². The van der Waals surface area contributed by atoms with E-state index in [1.807, 2.05) is 59.7 Å². The highest BCUT2D eigenvalue weighted by Crippen LogP contribution is 2.25. The summed E-state index contributed by atoms with van der Waals surface area (Å²) in [6, 6.07) is 5.77. The first-order chi connectivity index (χ1) is 12.1. The van der Waals surface area contributed by atoms with Gasteiger partial charge in [-0.1, -0.05) is 6.07 Å². The van der Waals surface area contributed by atoms with Crippen LogP contribution in [0.5, 0.6) is 0 Å². The lowest BCUT2D eigenvalue weighted by molar-refractivity contribution is -0.154. The highest BCUT2D eigenvalue weighted by Gasteiger charge is 2.25. The largest absolute Gasteiger partial charge is 0.460 e. The molecule has 0 aliphatic heterocycles. The first-order valence-electron chi connectivity index (χ1n) is 9.34. The topological polar surface area (TPSA) is 64.6 Å². The maximum Gasteiger partial charge on any atom is 0.311 e. The quantitative estimate of drug-likeness (QED) is 0.725. The zero-order valence-corrected chi connectivity index (χ0v) is 18.3. The van der Waals surface area contributed by atoms with Gasteiger partial charge in [0, 0.05) is 16.8 Å². The van der Waals surface area contributed by atoms with Crippen molar-refractivity contribution >= 4 is 17.6 Å². The Bertz CT molecular complexity index is 673. The van der Waals surface area contributed by atoms with E-state index in [0.717, 1.165) is 16.8 Å². The van der Waals surface area contributed by atoms with Crippen molar-refractivity contribution in [1.29, 1.82) is 0 Å². The van der Waals surface area contributed by atoms with Gasteiger partial charge in [0.05, 0.1) is 10.8 Å². The van der Waals surface area contributed by atoms with E-state index < -0.39 is 10.8 Å². The van der Waals surface area contributed by atoms with Gasteiger partial charge in [0.2, 0.25) is 0 Å². The van der Waals surface area contributed by atoms with Crippen molar-refractivity contribution in [2.75, 3.05) is 5.32 Å². The highest BCUT2D eigenvalue weighted by molar-refractivity contribution is 5.76. The van der Waals surface area contributed by atoms with Gasteiger partial charge in [0.25, 0.3) is 0 Å². The Hall–Kier alpha value is -2.04. The van der Waals surface area contributed by atoms with Gasteiger partial charge < -0.3 is 14.8 Å². The van der Waals surface area contributed by atoms with Gasteiger partial charge in [-0.15, -0.1) is 0 Å². The number of carbonyl (C=O) groups is 2. The van der Waals surface area contributed by atoms with Crippen LogP contribution < -0.4 is 5.32 Å². The Balaban J connectivity index is 3.00. The molecular formula is C22H35NO4. The summed E-state index contributed by atoms with van der Waals surface area (Å²) in [5.74, 6) is -0.506. The molecule has 0 amide bonds. The van der Waals surface area contributed by atoms with Crippen LogP contribution in [0.25, 0.3) is 0 Å². The molecule has 0 unspecified atom stereocenters. The molecule has 152 valence electrons. The molecule has 0 aliphatic rings. The second kappa shape index (κ2) is 8.32. The Morgan fingerprint density at radius 3 is 1.74 bits per heavy atom. The zero-order valence-electron chi connectivity index (χ0n) is 18.3. The third kappa shape index (κ3) is 8.02. The minimum Gasteiger partial charge on any atom is -0.460 e. The summed E-state index contributed by atoms with van der Waals surface area (Å²) in [6.45, 7) is 17.5. The predicted molar refractivity (Wildman–Crippen MR) is 108 cm³/mol. The SMILES string of the molecule is CC(C)(C)Nc1ccc(COC(=O)C(C)(C)C)cc1COC(=O)C(C)(C)C. The number of carbonyl (C=O) groups excluding carboxylic acids is 2. The standard InChI is InChI=1S/C22H35NO4/c1-20(2,3)18(24)26-13-15-10-11-17(23-22(7,8)9)16(12-15)14-27-19(25)21(4,5)6/h10-12,23H,13-14H2,1-9H3. The average molecular weight is 378 g/mol. The van der Waals surface area contributed by atoms with E-state index >= 15 is 0 Å². The second-order valence-corrected chi connectivity index (χ2v) is 10.0. The highest BCUT2D eigenvalue weighted by atomic mass is 16.5. The van der Waals surface area contributed by atoms with Crippen LogP contribution in [0.1, 0.15) is 73.4 Å². The van der Waals surface area contributed by atoms with E-state index in [4.69, 9.17) is 9.47 Å². The van der Waals surface area contributed by atoms with Crippen LogP contribution in [-0.4, -0.2) is 17.5 Å². The minimum atomic E-state index is -0.558. The number of anilines is 1. The fourth-order valence-corrected chi connectivity index (χ4v) is 2.11. The lowest BCUT2D eigenvalue weighted by Crippen LogP contribution is -2.27. The van der Waals surface area contributed by atoms with E-state index in [1.165, 1.54) is 0 Å². The van der Waals surface area contributed by atoms with Gasteiger partial charge in [-0.05, 0) is 80.0 Å². The number of hydrogen-bond donors (Lipinski definition) is 1. The smallest absolute Gasteiger partial charge is 0.311 e. The molecule has 1 aromatic rings. The summed E-state index contributed by atoms with van der Waals surface area (Å²) < 4.78 is 10.9. The molecular weight excluding hydrogens is 342 g/mol. The van der Waals surface area contributed by atoms with Gasteiger partial charge in [-0.2, -0.15) is 0 Å². The Morgan fingerprint density at radius 2 is 1.30 bits per heavy atom. The number of rotatable bonds is 5. The maximum absolute atomic E-state index is 12.1. The van der Waals surface area contributed by atoms with Crippen molar-refractivity contribution in [3.8, 4) is 0 Å². The molecule has 0 spiro atoms. The second-order valence-electron chi connectivity index (χ2n) is 10.0. The fourth-order valence-electron chi connectivity index (χ4n) is 2.11. The molecule has 5 heteroatoms. The summed E-state index contributed by atoms with van der Waals surface area (Å²) in [7, 11) is 0. The summed E-state index contributed by atoms with van der Waals surface area (Å²) in [4.78, 5) is 24.1. The summed E-state index contributed by atoms with van der Waals surface area (Å²) >= 11 is 0. The number of nitrogens with one attached hydrogen (secondary N) is 1. The normalized spacial score (nSPS) is 12.5. The van der Waals surface area contributed by atoms with E-state index in [-0.39, 0.29) is 30.7 Å². The zero-order chi connectivity index (χ0) is 21.0. The number of ether oxygens (including phenoxy) is 2. The Labute approximate surface area is 163 Å². The molecule has 1 aromatic carbocycles. The van der Waals surface area contributed by atoms with Crippen molar-refractivity contribution in [2.45, 2.75) is 81.1 Å². The molecule has 0 saturated heterocycles. The van der Waals surface area contributed by atoms with Crippen LogP contribution in [0, 0.1) is 10.8 Å². The molecule has 0 aromatic heterocycles. The molecule has 1 N–H and O–H groups in total. The Morgan fingerprint density at radius 1 is 0.815 bits per heavy atom. The molecule has 0 heterocycles. The van der Waals surface area contributed by atoms with E-state index in [9.17, 15) is 9.59 Å². The van der Waals surface area contributed by atoms with E-state index in [1.54, 1.807) is 0 Å². The molecule has 0 fully saturated rings. The van der Waals surface area contributed by atoms with Crippen LogP contribution >= 0.6 is 0 Å². The van der Waals surface area contributed by atoms with Crippen molar-refractivity contribution in [1.82, 2.24) is 0 Å². The maximum atomic E-state index is 12.1. The average Bonchev–Trinajstić information content (AvgIpc) is 2.48. The summed E-state index contributed by atoms with van der Waals surface area (Å²) in [5.41, 5.74) is 1.37. The number of benzene rings is 1. The minimum absolute atomic E-state index is 0.136. The molecule has 1 rings (SSSR count). The van der Waals surface area contributed by atoms with E-state index in [2.05, 4.69) is 26.1 Å². The first kappa shape index (κ1) is 23.0. The summed E-state index contributed by atoms with van der Waals surface area (Å²) in [5, 5.41) is 3.43. The van der Waals surface area contributed by atoms with Gasteiger partial charge in [0.1, 0.15) is 13.2 Å². The molecule has 0 saturated carbocycles. The lowest BCUT2D eigenvalue weighted by atomic mass is 9.97. The Kier molecular flexibility index (Phi) is 7.09. The van der Waals surface area contributed by atoms with Crippen LogP contribution in [0.4, 0.5) is 5.69 Å². The molecule has 5 nitrogen and oxygen atoms in total. The number of esters is 2. The number of hydrogen-bond acceptors (Lipinski definition) is 5. The van der Waals surface area contributed by atoms with Crippen LogP contribution in [0.3, 0.4) is 0 Å².